The Morgan fingerprint density at radius 1 is 1.22 bits per heavy atom. The maximum absolute atomic E-state index is 12.9. The van der Waals surface area contributed by atoms with Gasteiger partial charge in [0.15, 0.2) is 0 Å². The van der Waals surface area contributed by atoms with Gasteiger partial charge >= 0.3 is 18.1 Å². The predicted octanol–water partition coefficient (Wildman–Crippen LogP) is 2.52. The van der Waals surface area contributed by atoms with Gasteiger partial charge in [-0.1, -0.05) is 22.6 Å². The summed E-state index contributed by atoms with van der Waals surface area (Å²) < 4.78 is 78.1. The Kier molecular flexibility index (Phi) is 6.42. The first-order chi connectivity index (χ1) is 12.1. The van der Waals surface area contributed by atoms with Crippen molar-refractivity contribution in [2.75, 3.05) is 5.75 Å². The summed E-state index contributed by atoms with van der Waals surface area (Å²) in [5, 5.41) is 0. The van der Waals surface area contributed by atoms with E-state index in [0.717, 1.165) is 0 Å². The number of halogens is 4. The van der Waals surface area contributed by atoms with Crippen LogP contribution < -0.4 is 0 Å². The molecule has 0 aromatic carbocycles. The fourth-order valence-electron chi connectivity index (χ4n) is 3.58. The molecule has 27 heavy (non-hydrogen) atoms. The number of rotatable bonds is 6. The molecule has 1 N–H and O–H groups in total. The molecule has 0 aliphatic heterocycles. The van der Waals surface area contributed by atoms with Gasteiger partial charge in [-0.15, -0.1) is 0 Å². The molecular weight excluding hydrogens is 508 g/mol. The summed E-state index contributed by atoms with van der Waals surface area (Å²) in [5.41, 5.74) is 0. The molecule has 2 bridgehead atoms. The van der Waals surface area contributed by atoms with E-state index in [1.807, 2.05) is 22.6 Å². The normalized spacial score (nSPS) is 29.4. The van der Waals surface area contributed by atoms with Crippen molar-refractivity contribution >= 4 is 44.6 Å². The van der Waals surface area contributed by atoms with E-state index in [1.54, 1.807) is 13.8 Å². The van der Waals surface area contributed by atoms with Crippen molar-refractivity contribution in [3.63, 3.8) is 0 Å². The van der Waals surface area contributed by atoms with E-state index in [9.17, 15) is 31.2 Å². The van der Waals surface area contributed by atoms with Crippen molar-refractivity contribution in [2.24, 2.45) is 17.8 Å². The van der Waals surface area contributed by atoms with Gasteiger partial charge in [0, 0.05) is 5.92 Å². The predicted molar refractivity (Wildman–Crippen MR) is 94.7 cm³/mol. The second-order valence-corrected chi connectivity index (χ2v) is 11.7. The maximum atomic E-state index is 12.9. The molecule has 5 unspecified atom stereocenters. The summed E-state index contributed by atoms with van der Waals surface area (Å²) in [6, 6.07) is 0. The summed E-state index contributed by atoms with van der Waals surface area (Å²) in [4.78, 5) is 24.3. The molecule has 0 saturated heterocycles. The molecule has 156 valence electrons. The first-order valence-electron chi connectivity index (χ1n) is 8.20. The van der Waals surface area contributed by atoms with Crippen LogP contribution in [0, 0.1) is 17.8 Å². The van der Waals surface area contributed by atoms with Crippen molar-refractivity contribution < 1.29 is 45.2 Å². The van der Waals surface area contributed by atoms with Crippen LogP contribution in [0.15, 0.2) is 0 Å². The van der Waals surface area contributed by atoms with Gasteiger partial charge in [0.25, 0.3) is 10.1 Å². The Labute approximate surface area is 168 Å². The molecule has 0 amide bonds. The Morgan fingerprint density at radius 2 is 1.81 bits per heavy atom. The topological polar surface area (TPSA) is 107 Å². The van der Waals surface area contributed by atoms with Crippen LogP contribution in [0.4, 0.5) is 13.2 Å². The molecule has 2 aliphatic rings. The molecule has 0 heterocycles. The third-order valence-electron chi connectivity index (χ3n) is 4.78. The lowest BCUT2D eigenvalue weighted by Gasteiger charge is -2.30. The molecule has 0 radical (unpaired) electrons. The maximum Gasteiger partial charge on any atom is 0.426 e. The van der Waals surface area contributed by atoms with E-state index < -0.39 is 61.5 Å². The van der Waals surface area contributed by atoms with Crippen molar-refractivity contribution in [3.05, 3.63) is 0 Å². The number of carbonyl (C=O) groups excluding carboxylic acids is 2. The minimum atomic E-state index is -5.14. The molecule has 12 heteroatoms. The van der Waals surface area contributed by atoms with Crippen molar-refractivity contribution in [2.45, 2.75) is 54.9 Å². The van der Waals surface area contributed by atoms with Crippen LogP contribution in [-0.2, 0) is 29.2 Å². The van der Waals surface area contributed by atoms with Crippen LogP contribution in [0.5, 0.6) is 0 Å². The Hall–Kier alpha value is -0.630. The second kappa shape index (κ2) is 7.65. The first kappa shape index (κ1) is 22.7. The summed E-state index contributed by atoms with van der Waals surface area (Å²) in [5.74, 6) is -4.79. The van der Waals surface area contributed by atoms with Gasteiger partial charge in [-0.2, -0.15) is 21.6 Å². The highest BCUT2D eigenvalue weighted by Crippen LogP contribution is 2.50. The number of hydrogen-bond acceptors (Lipinski definition) is 6. The average Bonchev–Trinajstić information content (AvgIpc) is 3.02. The average molecular weight is 528 g/mol. The fraction of sp³-hybridized carbons (Fsp3) is 0.867. The number of hydrogen-bond donors (Lipinski definition) is 1. The summed E-state index contributed by atoms with van der Waals surface area (Å²) in [7, 11) is -5.00. The third-order valence-corrected chi connectivity index (χ3v) is 5.95. The number of ether oxygens (including phenoxy) is 2. The van der Waals surface area contributed by atoms with Crippen LogP contribution >= 0.6 is 22.6 Å². The molecule has 5 atom stereocenters. The van der Waals surface area contributed by atoms with Crippen molar-refractivity contribution in [1.29, 1.82) is 0 Å². The van der Waals surface area contributed by atoms with Crippen LogP contribution in [0.25, 0.3) is 0 Å². The van der Waals surface area contributed by atoms with Gasteiger partial charge in [0.2, 0.25) is 6.10 Å². The lowest BCUT2D eigenvalue weighted by molar-refractivity contribution is -0.219. The number of esters is 2. The fourth-order valence-corrected chi connectivity index (χ4v) is 4.35. The van der Waals surface area contributed by atoms with E-state index in [0.29, 0.717) is 19.3 Å². The quantitative estimate of drug-likeness (QED) is 0.245. The Bertz CT molecular complexity index is 701. The van der Waals surface area contributed by atoms with Crippen LogP contribution in [0.1, 0.15) is 33.1 Å². The van der Waals surface area contributed by atoms with Gasteiger partial charge < -0.3 is 9.47 Å². The van der Waals surface area contributed by atoms with Gasteiger partial charge in [-0.3, -0.25) is 14.1 Å². The zero-order valence-corrected chi connectivity index (χ0v) is 17.5. The Morgan fingerprint density at radius 3 is 2.26 bits per heavy atom. The molecule has 2 rings (SSSR count). The van der Waals surface area contributed by atoms with Crippen molar-refractivity contribution in [3.8, 4) is 0 Å². The second-order valence-electron chi connectivity index (χ2n) is 7.48. The molecular formula is C15H20F3IO7S. The van der Waals surface area contributed by atoms with Gasteiger partial charge in [-0.05, 0) is 39.0 Å². The SMILES string of the molecule is CC(C)(I)C(=O)OC1CC2CC(C(=O)OC(CS(=O)(=O)O)C(F)(F)F)C1C2. The van der Waals surface area contributed by atoms with Crippen LogP contribution in [0.2, 0.25) is 0 Å². The number of alkyl halides is 4. The lowest BCUT2D eigenvalue weighted by Crippen LogP contribution is -2.43. The van der Waals surface area contributed by atoms with E-state index in [2.05, 4.69) is 4.74 Å². The van der Waals surface area contributed by atoms with Gasteiger partial charge in [-0.25, -0.2) is 0 Å². The van der Waals surface area contributed by atoms with E-state index in [-0.39, 0.29) is 5.92 Å². The van der Waals surface area contributed by atoms with Crippen LogP contribution in [-0.4, -0.2) is 52.5 Å². The number of carbonyl (C=O) groups is 2. The molecule has 0 aromatic rings. The lowest BCUT2D eigenvalue weighted by atomic mass is 9.86. The minimum Gasteiger partial charge on any atom is -0.461 e. The largest absolute Gasteiger partial charge is 0.461 e. The monoisotopic (exact) mass is 528 g/mol. The highest BCUT2D eigenvalue weighted by atomic mass is 127. The molecule has 0 aromatic heterocycles. The highest BCUT2D eigenvalue weighted by Gasteiger charge is 2.54. The first-order valence-corrected chi connectivity index (χ1v) is 10.9. The standard InChI is InChI=1S/C15H20F3IO7S/c1-14(2,19)13(21)25-10-5-7-3-8(10)9(4-7)12(20)26-11(15(16,17)18)6-27(22,23)24/h7-11H,3-6H2,1-2H3,(H,22,23,24). The molecule has 2 fully saturated rings. The van der Waals surface area contributed by atoms with Crippen LogP contribution in [0.3, 0.4) is 0 Å². The molecule has 0 spiro atoms. The summed E-state index contributed by atoms with van der Waals surface area (Å²) in [6.45, 7) is 3.30. The minimum absolute atomic E-state index is 0.0218. The highest BCUT2D eigenvalue weighted by molar-refractivity contribution is 14.1. The molecule has 2 aliphatic carbocycles. The Balaban J connectivity index is 2.07. The molecule has 7 nitrogen and oxygen atoms in total. The smallest absolute Gasteiger partial charge is 0.426 e. The zero-order valence-electron chi connectivity index (χ0n) is 14.5. The van der Waals surface area contributed by atoms with Crippen molar-refractivity contribution in [1.82, 2.24) is 0 Å². The number of fused-ring (bicyclic) bond motifs is 2. The van der Waals surface area contributed by atoms with E-state index >= 15 is 0 Å². The summed E-state index contributed by atoms with van der Waals surface area (Å²) >= 11 is 1.90. The van der Waals surface area contributed by atoms with Gasteiger partial charge in [0.05, 0.1) is 5.92 Å². The summed E-state index contributed by atoms with van der Waals surface area (Å²) in [6.07, 6.45) is -7.33. The zero-order chi connectivity index (χ0) is 20.8. The van der Waals surface area contributed by atoms with Gasteiger partial charge in [0.1, 0.15) is 15.3 Å². The van der Waals surface area contributed by atoms with E-state index in [4.69, 9.17) is 9.29 Å². The van der Waals surface area contributed by atoms with E-state index in [1.165, 1.54) is 0 Å². The molecule has 2 saturated carbocycles. The third kappa shape index (κ3) is 5.92.